The van der Waals surface area contributed by atoms with Gasteiger partial charge in [0.2, 0.25) is 5.91 Å². The summed E-state index contributed by atoms with van der Waals surface area (Å²) >= 11 is 0. The number of benzene rings is 2. The minimum atomic E-state index is -2.27. The summed E-state index contributed by atoms with van der Waals surface area (Å²) in [5.74, 6) is -4.79. The first-order valence-electron chi connectivity index (χ1n) is 14.9. The SMILES string of the molecule is CCc1cc(O)c(F)cc1-c1cc(F)c2c(-c3nc4c([nH]3)CN(C(=O)CN(C)C3COC3)CC4)n[nH]c2c1.O=C(O)C(O)C(O)C(=O)O. The average molecular weight is 673 g/mol. The molecule has 0 radical (unpaired) electrons. The van der Waals surface area contributed by atoms with Crippen LogP contribution in [0.4, 0.5) is 8.78 Å². The van der Waals surface area contributed by atoms with E-state index in [1.54, 1.807) is 11.0 Å². The molecule has 0 saturated carbocycles. The van der Waals surface area contributed by atoms with E-state index in [9.17, 15) is 23.9 Å². The van der Waals surface area contributed by atoms with Gasteiger partial charge < -0.3 is 40.2 Å². The van der Waals surface area contributed by atoms with Crippen molar-refractivity contribution < 1.29 is 53.4 Å². The number of rotatable bonds is 9. The monoisotopic (exact) mass is 672 g/mol. The van der Waals surface area contributed by atoms with Gasteiger partial charge in [-0.1, -0.05) is 6.92 Å². The molecule has 1 fully saturated rings. The molecule has 1 saturated heterocycles. The van der Waals surface area contributed by atoms with Crippen LogP contribution in [-0.4, -0.2) is 125 Å². The molecule has 4 aromatic rings. The molecule has 6 rings (SSSR count). The number of likely N-dealkylation sites (N-methyl/N-ethyl adjacent to an activating group) is 1. The van der Waals surface area contributed by atoms with Gasteiger partial charge in [-0.15, -0.1) is 0 Å². The number of ether oxygens (including phenoxy) is 1. The summed E-state index contributed by atoms with van der Waals surface area (Å²) in [6.07, 6.45) is -3.40. The van der Waals surface area contributed by atoms with Gasteiger partial charge in [-0.25, -0.2) is 23.4 Å². The number of carbonyl (C=O) groups excluding carboxylic acids is 1. The smallest absolute Gasteiger partial charge is 0.335 e. The number of carboxylic acid groups (broad SMARTS) is 2. The number of H-pyrrole nitrogens is 2. The summed E-state index contributed by atoms with van der Waals surface area (Å²) in [5, 5.41) is 49.8. The molecule has 7 N–H and O–H groups in total. The van der Waals surface area contributed by atoms with Crippen molar-refractivity contribution in [1.82, 2.24) is 30.0 Å². The summed E-state index contributed by atoms with van der Waals surface area (Å²) < 4.78 is 34.8. The number of phenolic OH excluding ortho intramolecular Hbond substituents is 1. The number of imidazole rings is 1. The third kappa shape index (κ3) is 6.98. The normalized spacial score (nSPS) is 15.8. The number of aromatic amines is 2. The maximum Gasteiger partial charge on any atom is 0.335 e. The standard InChI is InChI=1S/C27H28F2N6O3.C4H6O6/c1-3-14-8-23(36)18(28)9-17(14)15-6-19(29)25-21(7-15)32-33-26(25)27-30-20-4-5-35(10-22(20)31-27)24(37)11-34(2)16-12-38-13-16;5-1(3(7)8)2(6)4(9)10/h6-9,16,36H,3-5,10-13H2,1-2H3,(H,30,31)(H,32,33);1-2,5-6H,(H,7,8)(H,9,10). The second kappa shape index (κ2) is 14.0. The first-order valence-corrected chi connectivity index (χ1v) is 14.9. The number of nitrogens with one attached hydrogen (secondary N) is 2. The fourth-order valence-electron chi connectivity index (χ4n) is 5.41. The fourth-order valence-corrected chi connectivity index (χ4v) is 5.41. The zero-order chi connectivity index (χ0) is 34.9. The fraction of sp³-hybridized carbons (Fsp3) is 0.387. The van der Waals surface area contributed by atoms with Crippen LogP contribution < -0.4 is 0 Å². The Bertz CT molecular complexity index is 1840. The summed E-state index contributed by atoms with van der Waals surface area (Å²) in [5.41, 5.74) is 4.13. The lowest BCUT2D eigenvalue weighted by atomic mass is 9.96. The van der Waals surface area contributed by atoms with Crippen molar-refractivity contribution in [2.24, 2.45) is 0 Å². The number of aliphatic hydroxyl groups excluding tert-OH is 2. The van der Waals surface area contributed by atoms with Crippen LogP contribution >= 0.6 is 0 Å². The van der Waals surface area contributed by atoms with Gasteiger partial charge in [-0.2, -0.15) is 5.10 Å². The number of aromatic hydroxyl groups is 1. The van der Waals surface area contributed by atoms with Crippen LogP contribution in [0.5, 0.6) is 5.75 Å². The predicted octanol–water partition coefficient (Wildman–Crippen LogP) is 1.26. The van der Waals surface area contributed by atoms with E-state index in [0.717, 1.165) is 11.4 Å². The Balaban J connectivity index is 0.000000393. The van der Waals surface area contributed by atoms with Crippen LogP contribution in [0.25, 0.3) is 33.5 Å². The van der Waals surface area contributed by atoms with Crippen molar-refractivity contribution in [2.75, 3.05) is 33.4 Å². The zero-order valence-corrected chi connectivity index (χ0v) is 25.9. The molecule has 0 spiro atoms. The van der Waals surface area contributed by atoms with E-state index in [4.69, 9.17) is 25.2 Å². The third-order valence-corrected chi connectivity index (χ3v) is 8.32. The molecule has 48 heavy (non-hydrogen) atoms. The minimum absolute atomic E-state index is 0.0436. The summed E-state index contributed by atoms with van der Waals surface area (Å²) in [6.45, 7) is 4.48. The van der Waals surface area contributed by atoms with Gasteiger partial charge >= 0.3 is 11.9 Å². The van der Waals surface area contributed by atoms with Gasteiger partial charge in [0.1, 0.15) is 11.5 Å². The highest BCUT2D eigenvalue weighted by Crippen LogP contribution is 2.35. The number of aromatic nitrogens is 4. The number of halogens is 2. The number of fused-ring (bicyclic) bond motifs is 2. The number of phenols is 1. The van der Waals surface area contributed by atoms with E-state index in [2.05, 4.69) is 20.2 Å². The molecule has 2 aliphatic rings. The lowest BCUT2D eigenvalue weighted by Crippen LogP contribution is -2.51. The number of nitrogens with zero attached hydrogens (tertiary/aromatic N) is 4. The number of carboxylic acids is 2. The summed E-state index contributed by atoms with van der Waals surface area (Å²) in [6, 6.07) is 5.93. The molecular weight excluding hydrogens is 638 g/mol. The number of carbonyl (C=O) groups is 3. The molecule has 2 aliphatic heterocycles. The predicted molar refractivity (Wildman–Crippen MR) is 164 cm³/mol. The average Bonchev–Trinajstić information content (AvgIpc) is 3.64. The number of hydrogen-bond acceptors (Lipinski definition) is 10. The quantitative estimate of drug-likeness (QED) is 0.133. The van der Waals surface area contributed by atoms with Crippen molar-refractivity contribution in [2.45, 2.75) is 44.6 Å². The lowest BCUT2D eigenvalue weighted by molar-refractivity contribution is -0.165. The zero-order valence-electron chi connectivity index (χ0n) is 25.9. The molecular formula is C31H34F2N6O9. The highest BCUT2D eigenvalue weighted by atomic mass is 19.1. The molecule has 4 heterocycles. The van der Waals surface area contributed by atoms with E-state index in [0.29, 0.717) is 79.4 Å². The van der Waals surface area contributed by atoms with Gasteiger partial charge in [0.15, 0.2) is 29.6 Å². The Hall–Kier alpha value is -4.97. The van der Waals surface area contributed by atoms with Crippen LogP contribution in [0.3, 0.4) is 0 Å². The number of aryl methyl sites for hydroxylation is 1. The van der Waals surface area contributed by atoms with E-state index >= 15 is 4.39 Å². The van der Waals surface area contributed by atoms with E-state index in [-0.39, 0.29) is 17.3 Å². The maximum atomic E-state index is 15.5. The number of hydrogen-bond donors (Lipinski definition) is 7. The number of amides is 1. The van der Waals surface area contributed by atoms with Gasteiger partial charge in [-0.05, 0) is 54.4 Å². The molecule has 2 aromatic carbocycles. The van der Waals surface area contributed by atoms with Crippen molar-refractivity contribution in [3.05, 3.63) is 52.9 Å². The van der Waals surface area contributed by atoms with Crippen molar-refractivity contribution in [1.29, 1.82) is 0 Å². The van der Waals surface area contributed by atoms with Gasteiger partial charge in [0.25, 0.3) is 0 Å². The van der Waals surface area contributed by atoms with Gasteiger partial charge in [0, 0.05) is 13.0 Å². The Labute approximate surface area is 271 Å². The molecule has 15 nitrogen and oxygen atoms in total. The van der Waals surface area contributed by atoms with Crippen LogP contribution in [0.15, 0.2) is 24.3 Å². The van der Waals surface area contributed by atoms with E-state index in [1.807, 2.05) is 18.9 Å². The molecule has 0 bridgehead atoms. The lowest BCUT2D eigenvalue weighted by Gasteiger charge is -2.35. The maximum absolute atomic E-state index is 15.5. The molecule has 17 heteroatoms. The molecule has 2 atom stereocenters. The molecule has 1 amide bonds. The largest absolute Gasteiger partial charge is 0.505 e. The van der Waals surface area contributed by atoms with E-state index in [1.165, 1.54) is 18.2 Å². The summed E-state index contributed by atoms with van der Waals surface area (Å²) in [7, 11) is 1.93. The molecule has 2 aromatic heterocycles. The Morgan fingerprint density at radius 1 is 1.08 bits per heavy atom. The van der Waals surface area contributed by atoms with E-state index < -0.39 is 41.5 Å². The van der Waals surface area contributed by atoms with Gasteiger partial charge in [-0.3, -0.25) is 14.8 Å². The second-order valence-corrected chi connectivity index (χ2v) is 11.5. The molecule has 2 unspecified atom stereocenters. The van der Waals surface area contributed by atoms with Crippen LogP contribution in [0.1, 0.15) is 23.9 Å². The highest BCUT2D eigenvalue weighted by molar-refractivity contribution is 5.95. The first-order chi connectivity index (χ1) is 22.8. The van der Waals surface area contributed by atoms with Crippen molar-refractivity contribution in [3.8, 4) is 28.4 Å². The van der Waals surface area contributed by atoms with Crippen molar-refractivity contribution in [3.63, 3.8) is 0 Å². The van der Waals surface area contributed by atoms with Crippen LogP contribution in [0.2, 0.25) is 0 Å². The number of aliphatic carboxylic acids is 2. The first kappa shape index (κ1) is 34.4. The second-order valence-electron chi connectivity index (χ2n) is 11.5. The molecule has 0 aliphatic carbocycles. The minimum Gasteiger partial charge on any atom is -0.505 e. The Kier molecular flexibility index (Phi) is 10.0. The van der Waals surface area contributed by atoms with Gasteiger partial charge in [0.05, 0.1) is 54.6 Å². The summed E-state index contributed by atoms with van der Waals surface area (Å²) in [4.78, 5) is 44.1. The van der Waals surface area contributed by atoms with Crippen LogP contribution in [0, 0.1) is 11.6 Å². The topological polar surface area (TPSA) is 225 Å². The molecule has 256 valence electrons. The Morgan fingerprint density at radius 2 is 1.77 bits per heavy atom. The van der Waals surface area contributed by atoms with Crippen LogP contribution in [-0.2, 0) is 38.5 Å². The third-order valence-electron chi connectivity index (χ3n) is 8.32. The number of aliphatic hydroxyl groups is 2. The van der Waals surface area contributed by atoms with Crippen molar-refractivity contribution >= 4 is 28.7 Å². The highest BCUT2D eigenvalue weighted by Gasteiger charge is 2.30. The Morgan fingerprint density at radius 3 is 2.38 bits per heavy atom.